The maximum atomic E-state index is 10.6. The summed E-state index contributed by atoms with van der Waals surface area (Å²) in [6.07, 6.45) is 1.48. The van der Waals surface area contributed by atoms with Crippen molar-refractivity contribution >= 4 is 12.2 Å². The van der Waals surface area contributed by atoms with Gasteiger partial charge in [-0.2, -0.15) is 5.10 Å². The lowest BCUT2D eigenvalue weighted by Crippen LogP contribution is -2.24. The van der Waals surface area contributed by atoms with E-state index < -0.39 is 6.03 Å². The third-order valence-electron chi connectivity index (χ3n) is 3.63. The van der Waals surface area contributed by atoms with E-state index in [0.717, 1.165) is 11.3 Å². The maximum absolute atomic E-state index is 10.6. The quantitative estimate of drug-likeness (QED) is 0.453. The highest BCUT2D eigenvalue weighted by Crippen LogP contribution is 2.24. The Morgan fingerprint density at radius 2 is 1.73 bits per heavy atom. The second-order valence-corrected chi connectivity index (χ2v) is 6.74. The Hall–Kier alpha value is -3.02. The molecule has 0 bridgehead atoms. The smallest absolute Gasteiger partial charge is 0.332 e. The molecule has 2 aromatic rings. The molecule has 0 radical (unpaired) electrons. The van der Waals surface area contributed by atoms with Crippen LogP contribution in [0.4, 0.5) is 4.79 Å². The summed E-state index contributed by atoms with van der Waals surface area (Å²) >= 11 is 0. The van der Waals surface area contributed by atoms with Crippen LogP contribution in [0.25, 0.3) is 0 Å². The van der Waals surface area contributed by atoms with Gasteiger partial charge in [0.15, 0.2) is 0 Å². The lowest BCUT2D eigenvalue weighted by atomic mass is 9.87. The molecule has 6 nitrogen and oxygen atoms in total. The van der Waals surface area contributed by atoms with E-state index >= 15 is 0 Å². The molecule has 2 amide bonds. The van der Waals surface area contributed by atoms with Gasteiger partial charge in [0.25, 0.3) is 0 Å². The summed E-state index contributed by atoms with van der Waals surface area (Å²) in [6, 6.07) is 14.7. The van der Waals surface area contributed by atoms with Crippen molar-refractivity contribution in [1.82, 2.24) is 5.43 Å². The molecule has 0 fully saturated rings. The first-order chi connectivity index (χ1) is 12.4. The summed E-state index contributed by atoms with van der Waals surface area (Å²) in [5.41, 5.74) is 9.24. The fourth-order valence-electron chi connectivity index (χ4n) is 2.25. The molecule has 0 saturated carbocycles. The standard InChI is InChI=1S/C20H25N3O3/c1-20(2,3)16-8-10-17(11-9-16)25-12-13-26-18-7-5-4-6-15(18)14-22-23-19(21)24/h4-11,14H,12-13H2,1-3H3,(H3,21,23,24)/b22-14-. The monoisotopic (exact) mass is 355 g/mol. The molecule has 0 saturated heterocycles. The largest absolute Gasteiger partial charge is 0.490 e. The van der Waals surface area contributed by atoms with E-state index in [9.17, 15) is 4.79 Å². The van der Waals surface area contributed by atoms with Crippen LogP contribution >= 0.6 is 0 Å². The molecule has 138 valence electrons. The van der Waals surface area contributed by atoms with Gasteiger partial charge in [-0.15, -0.1) is 0 Å². The second-order valence-electron chi connectivity index (χ2n) is 6.74. The minimum absolute atomic E-state index is 0.121. The lowest BCUT2D eigenvalue weighted by Gasteiger charge is -2.19. The lowest BCUT2D eigenvalue weighted by molar-refractivity contribution is 0.217. The van der Waals surface area contributed by atoms with Crippen LogP contribution in [0.1, 0.15) is 31.9 Å². The van der Waals surface area contributed by atoms with Gasteiger partial charge >= 0.3 is 6.03 Å². The molecule has 0 aliphatic heterocycles. The van der Waals surface area contributed by atoms with Gasteiger partial charge in [0.1, 0.15) is 24.7 Å². The molecule has 0 unspecified atom stereocenters. The van der Waals surface area contributed by atoms with Crippen LogP contribution in [0, 0.1) is 0 Å². The van der Waals surface area contributed by atoms with Crippen LogP contribution in [-0.2, 0) is 5.41 Å². The van der Waals surface area contributed by atoms with Crippen LogP contribution in [0.5, 0.6) is 11.5 Å². The Labute approximate surface area is 154 Å². The molecule has 0 heterocycles. The van der Waals surface area contributed by atoms with Gasteiger partial charge in [0, 0.05) is 5.56 Å². The van der Waals surface area contributed by atoms with Gasteiger partial charge in [-0.1, -0.05) is 45.0 Å². The molecule has 3 N–H and O–H groups in total. The van der Waals surface area contributed by atoms with Crippen LogP contribution in [0.2, 0.25) is 0 Å². The number of amides is 2. The summed E-state index contributed by atoms with van der Waals surface area (Å²) in [4.78, 5) is 10.6. The first kappa shape index (κ1) is 19.3. The molecule has 0 spiro atoms. The number of urea groups is 1. The van der Waals surface area contributed by atoms with E-state index in [2.05, 4.69) is 43.4 Å². The summed E-state index contributed by atoms with van der Waals surface area (Å²) in [7, 11) is 0. The van der Waals surface area contributed by atoms with Gasteiger partial charge in [-0.05, 0) is 35.2 Å². The van der Waals surface area contributed by atoms with Crippen molar-refractivity contribution in [2.45, 2.75) is 26.2 Å². The fourth-order valence-corrected chi connectivity index (χ4v) is 2.25. The average Bonchev–Trinajstić information content (AvgIpc) is 2.59. The number of nitrogens with two attached hydrogens (primary N) is 1. The molecule has 0 atom stereocenters. The van der Waals surface area contributed by atoms with Crippen molar-refractivity contribution < 1.29 is 14.3 Å². The third kappa shape index (κ3) is 6.12. The number of benzene rings is 2. The molecular weight excluding hydrogens is 330 g/mol. The first-order valence-corrected chi connectivity index (χ1v) is 8.40. The minimum atomic E-state index is -0.717. The van der Waals surface area contributed by atoms with Gasteiger partial charge < -0.3 is 15.2 Å². The van der Waals surface area contributed by atoms with Crippen LogP contribution in [0.15, 0.2) is 53.6 Å². The Bertz CT molecular complexity index is 750. The van der Waals surface area contributed by atoms with E-state index in [1.165, 1.54) is 11.8 Å². The zero-order valence-corrected chi connectivity index (χ0v) is 15.4. The highest BCUT2D eigenvalue weighted by molar-refractivity contribution is 5.84. The number of primary amides is 1. The molecule has 6 heteroatoms. The van der Waals surface area contributed by atoms with E-state index in [4.69, 9.17) is 15.2 Å². The number of nitrogens with zero attached hydrogens (tertiary/aromatic N) is 1. The number of rotatable bonds is 7. The highest BCUT2D eigenvalue weighted by atomic mass is 16.5. The SMILES string of the molecule is CC(C)(C)c1ccc(OCCOc2ccccc2/C=N\NC(N)=O)cc1. The van der Waals surface area contributed by atoms with Crippen LogP contribution in [-0.4, -0.2) is 25.5 Å². The number of hydrogen-bond donors (Lipinski definition) is 2. The first-order valence-electron chi connectivity index (χ1n) is 8.40. The molecule has 0 aliphatic carbocycles. The molecular formula is C20H25N3O3. The Kier molecular flexibility index (Phi) is 6.60. The average molecular weight is 355 g/mol. The number of nitrogens with one attached hydrogen (secondary N) is 1. The zero-order chi connectivity index (χ0) is 19.0. The third-order valence-corrected chi connectivity index (χ3v) is 3.63. The van der Waals surface area contributed by atoms with Crippen molar-refractivity contribution in [2.75, 3.05) is 13.2 Å². The van der Waals surface area contributed by atoms with Crippen molar-refractivity contribution in [3.63, 3.8) is 0 Å². The minimum Gasteiger partial charge on any atom is -0.490 e. The topological polar surface area (TPSA) is 85.9 Å². The predicted molar refractivity (Wildman–Crippen MR) is 103 cm³/mol. The van der Waals surface area contributed by atoms with Crippen molar-refractivity contribution in [3.05, 3.63) is 59.7 Å². The maximum Gasteiger partial charge on any atom is 0.332 e. The number of hydrazone groups is 1. The number of carbonyl (C=O) groups excluding carboxylic acids is 1. The number of hydrogen-bond acceptors (Lipinski definition) is 4. The van der Waals surface area contributed by atoms with Gasteiger partial charge in [0.05, 0.1) is 6.21 Å². The summed E-state index contributed by atoms with van der Waals surface area (Å²) in [6.45, 7) is 7.33. The highest BCUT2D eigenvalue weighted by Gasteiger charge is 2.12. The normalized spacial score (nSPS) is 11.3. The zero-order valence-electron chi connectivity index (χ0n) is 15.4. The molecule has 0 aliphatic rings. The summed E-state index contributed by atoms with van der Waals surface area (Å²) in [5.74, 6) is 1.45. The Morgan fingerprint density at radius 1 is 1.08 bits per heavy atom. The molecule has 26 heavy (non-hydrogen) atoms. The predicted octanol–water partition coefficient (Wildman–Crippen LogP) is 3.44. The molecule has 0 aromatic heterocycles. The molecule has 2 aromatic carbocycles. The Balaban J connectivity index is 1.85. The van der Waals surface area contributed by atoms with Gasteiger partial charge in [-0.25, -0.2) is 10.2 Å². The fraction of sp³-hybridized carbons (Fsp3) is 0.300. The number of carbonyl (C=O) groups is 1. The van der Waals surface area contributed by atoms with E-state index in [1.54, 1.807) is 0 Å². The van der Waals surface area contributed by atoms with Crippen LogP contribution < -0.4 is 20.6 Å². The van der Waals surface area contributed by atoms with E-state index in [1.807, 2.05) is 36.4 Å². The van der Waals surface area contributed by atoms with Crippen molar-refractivity contribution in [1.29, 1.82) is 0 Å². The molecule has 2 rings (SSSR count). The van der Waals surface area contributed by atoms with Gasteiger partial charge in [0.2, 0.25) is 0 Å². The van der Waals surface area contributed by atoms with Crippen molar-refractivity contribution in [3.8, 4) is 11.5 Å². The number of para-hydroxylation sites is 1. The Morgan fingerprint density at radius 3 is 2.38 bits per heavy atom. The van der Waals surface area contributed by atoms with E-state index in [-0.39, 0.29) is 5.41 Å². The van der Waals surface area contributed by atoms with E-state index in [0.29, 0.717) is 19.0 Å². The summed E-state index contributed by atoms with van der Waals surface area (Å²) in [5, 5.41) is 3.74. The summed E-state index contributed by atoms with van der Waals surface area (Å²) < 4.78 is 11.4. The number of ether oxygens (including phenoxy) is 2. The van der Waals surface area contributed by atoms with Crippen molar-refractivity contribution in [2.24, 2.45) is 10.8 Å². The van der Waals surface area contributed by atoms with Gasteiger partial charge in [-0.3, -0.25) is 0 Å². The second kappa shape index (κ2) is 8.89. The van der Waals surface area contributed by atoms with Crippen LogP contribution in [0.3, 0.4) is 0 Å².